The summed E-state index contributed by atoms with van der Waals surface area (Å²) in [5.74, 6) is -1.23. The first-order valence-corrected chi connectivity index (χ1v) is 37.8. The summed E-state index contributed by atoms with van der Waals surface area (Å²) in [5.41, 5.74) is 25.3. The summed E-state index contributed by atoms with van der Waals surface area (Å²) >= 11 is 1.32. The lowest BCUT2D eigenvalue weighted by atomic mass is 9.85. The third-order valence-corrected chi connectivity index (χ3v) is 22.2. The van der Waals surface area contributed by atoms with Gasteiger partial charge in [0.25, 0.3) is 0 Å². The van der Waals surface area contributed by atoms with E-state index in [-0.39, 0.29) is 69.9 Å². The quantitative estimate of drug-likeness (QED) is 0.0894. The molecule has 106 heavy (non-hydrogen) atoms. The number of rotatable bonds is 15. The molecule has 542 valence electrons. The monoisotopic (exact) mass is 1430 g/mol. The third-order valence-electron chi connectivity index (χ3n) is 21.7. The maximum absolute atomic E-state index is 13.2. The van der Waals surface area contributed by atoms with Crippen LogP contribution in [0.4, 0.5) is 0 Å². The van der Waals surface area contributed by atoms with E-state index in [2.05, 4.69) is 83.2 Å². The predicted molar refractivity (Wildman–Crippen MR) is 422 cm³/mol. The fourth-order valence-electron chi connectivity index (χ4n) is 17.2. The molecule has 0 radical (unpaired) electrons. The van der Waals surface area contributed by atoms with Crippen LogP contribution in [0.5, 0.6) is 11.5 Å². The molecular formula is C94H96N2O9S. The first-order chi connectivity index (χ1) is 50.6. The van der Waals surface area contributed by atoms with Gasteiger partial charge >= 0.3 is 0 Å². The van der Waals surface area contributed by atoms with Gasteiger partial charge in [-0.25, -0.2) is 0 Å². The molecule has 14 rings (SSSR count). The van der Waals surface area contributed by atoms with Gasteiger partial charge in [-0.1, -0.05) is 184 Å². The normalized spacial score (nSPS) is 19.8. The molecule has 9 aromatic carbocycles. The van der Waals surface area contributed by atoms with Crippen molar-refractivity contribution in [3.05, 3.63) is 304 Å². The van der Waals surface area contributed by atoms with Crippen molar-refractivity contribution >= 4 is 57.8 Å². The molecule has 1 aromatic heterocycles. The van der Waals surface area contributed by atoms with Crippen molar-refractivity contribution in [1.82, 2.24) is 9.59 Å². The van der Waals surface area contributed by atoms with Crippen molar-refractivity contribution in [3.63, 3.8) is 0 Å². The highest BCUT2D eigenvalue weighted by atomic mass is 32.1. The number of ketones is 8. The van der Waals surface area contributed by atoms with Crippen LogP contribution in [0.25, 0.3) is 11.3 Å². The highest BCUT2D eigenvalue weighted by Crippen LogP contribution is 2.43. The van der Waals surface area contributed by atoms with Crippen LogP contribution >= 0.6 is 11.5 Å². The summed E-state index contributed by atoms with van der Waals surface area (Å²) in [7, 11) is 0. The Morgan fingerprint density at radius 1 is 0.321 bits per heavy atom. The largest absolute Gasteiger partial charge is 0.457 e. The number of carbonyl (C=O) groups excluding carboxylic acids is 8. The zero-order valence-corrected chi connectivity index (χ0v) is 64.4. The number of benzene rings is 9. The molecule has 10 aromatic rings. The van der Waals surface area contributed by atoms with Crippen LogP contribution in [-0.2, 0) is 64.0 Å². The molecule has 11 nitrogen and oxygen atoms in total. The van der Waals surface area contributed by atoms with Gasteiger partial charge in [0, 0.05) is 60.3 Å². The number of carbonyl (C=O) groups is 8. The lowest BCUT2D eigenvalue weighted by Crippen LogP contribution is -2.19. The molecule has 4 aliphatic carbocycles. The van der Waals surface area contributed by atoms with Gasteiger partial charge in [-0.15, -0.1) is 5.10 Å². The topological polar surface area (TPSA) is 172 Å². The van der Waals surface area contributed by atoms with Crippen molar-refractivity contribution in [2.45, 2.75) is 172 Å². The Kier molecular flexibility index (Phi) is 24.2. The van der Waals surface area contributed by atoms with Crippen molar-refractivity contribution in [2.24, 2.45) is 23.7 Å². The maximum atomic E-state index is 13.2. The van der Waals surface area contributed by atoms with Crippen molar-refractivity contribution in [3.8, 4) is 22.8 Å². The van der Waals surface area contributed by atoms with E-state index in [0.29, 0.717) is 51.4 Å². The number of Topliss-reactive ketones (excluding diaryl/α,β-unsaturated/α-hetero) is 8. The Morgan fingerprint density at radius 3 is 1.05 bits per heavy atom. The molecule has 4 aliphatic rings. The van der Waals surface area contributed by atoms with E-state index < -0.39 is 23.7 Å². The number of ether oxygens (including phenoxy) is 1. The molecule has 4 saturated carbocycles. The molecule has 0 aliphatic heterocycles. The zero-order chi connectivity index (χ0) is 75.9. The fraction of sp³-hybridized carbons (Fsp3) is 0.319. The minimum atomic E-state index is -0.626. The molecule has 1 heterocycles. The van der Waals surface area contributed by atoms with E-state index in [9.17, 15) is 38.4 Å². The first kappa shape index (κ1) is 76.8. The van der Waals surface area contributed by atoms with Gasteiger partial charge in [0.2, 0.25) is 0 Å². The van der Waals surface area contributed by atoms with Gasteiger partial charge in [0.05, 0.1) is 0 Å². The van der Waals surface area contributed by atoms with Crippen LogP contribution in [-0.4, -0.2) is 55.9 Å². The summed E-state index contributed by atoms with van der Waals surface area (Å²) in [6.07, 6.45) is 3.84. The van der Waals surface area contributed by atoms with Crippen LogP contribution in [0.2, 0.25) is 0 Å². The zero-order valence-electron chi connectivity index (χ0n) is 63.6. The highest BCUT2D eigenvalue weighted by molar-refractivity contribution is 7.03. The lowest BCUT2D eigenvalue weighted by Gasteiger charge is -2.16. The van der Waals surface area contributed by atoms with Gasteiger partial charge in [-0.3, -0.25) is 38.4 Å². The smallest absolute Gasteiger partial charge is 0.151 e. The Labute approximate surface area is 628 Å². The van der Waals surface area contributed by atoms with Crippen molar-refractivity contribution in [1.29, 1.82) is 0 Å². The van der Waals surface area contributed by atoms with Crippen molar-refractivity contribution in [2.75, 3.05) is 0 Å². The van der Waals surface area contributed by atoms with Gasteiger partial charge in [-0.05, 0) is 253 Å². The molecule has 12 heteroatoms. The van der Waals surface area contributed by atoms with Crippen LogP contribution in [0, 0.1) is 121 Å². The maximum Gasteiger partial charge on any atom is 0.151 e. The van der Waals surface area contributed by atoms with Gasteiger partial charge in [0.15, 0.2) is 23.1 Å². The average molecular weight is 1430 g/mol. The fourth-order valence-corrected chi connectivity index (χ4v) is 17.6. The van der Waals surface area contributed by atoms with Crippen LogP contribution in [0.3, 0.4) is 0 Å². The molecule has 0 amide bonds. The van der Waals surface area contributed by atoms with Crippen LogP contribution in [0.15, 0.2) is 181 Å². The summed E-state index contributed by atoms with van der Waals surface area (Å²) in [4.78, 5) is 103. The van der Waals surface area contributed by atoms with E-state index in [4.69, 9.17) is 4.74 Å². The molecule has 8 atom stereocenters. The molecule has 0 bridgehead atoms. The number of para-hydroxylation sites is 1. The average Bonchev–Trinajstić information content (AvgIpc) is 1.63. The summed E-state index contributed by atoms with van der Waals surface area (Å²) < 4.78 is 9.80. The van der Waals surface area contributed by atoms with E-state index in [1.165, 1.54) is 39.3 Å². The summed E-state index contributed by atoms with van der Waals surface area (Å²) in [6.45, 7) is 28.3. The minimum absolute atomic E-state index is 0.0387. The lowest BCUT2D eigenvalue weighted by molar-refractivity contribution is -0.126. The summed E-state index contributed by atoms with van der Waals surface area (Å²) in [5, 5.41) is 5.99. The van der Waals surface area contributed by atoms with Crippen LogP contribution < -0.4 is 4.74 Å². The van der Waals surface area contributed by atoms with Gasteiger partial charge < -0.3 is 4.74 Å². The van der Waals surface area contributed by atoms with Crippen LogP contribution in [0.1, 0.15) is 172 Å². The second-order valence-corrected chi connectivity index (χ2v) is 31.0. The standard InChI is InChI=1S/C27H26O3.C23H22N2O2S.2C22H24O2/c1-17-12-18(2)25(19(3)13-17)26-24(28)16-21(27(26)29)14-20-8-7-11-23(15-20)30-22-9-5-4-6-10-22;1-13-8-14(2)21(15(3)9-13)22-20(26)11-18(23(22)27)10-16-4-6-17(7-5-16)19-12-28-25-24-19;1-13-6-5-7-17(10-13)11-18-12-19(23)21(22(18)24)20-15(3)8-14(2)9-16(20)4;1-13-9-15(3)20(16(4)10-13)21-19(23)12-18(22(21)24)11-17-8-6-5-7-14(17)2/h4-13,15,21,26H,14,16H2,1-3H3;4-9,12,18,22H,10-11H2,1-3H3;2*5-10,18,21H,11-12H2,1-4H3. The molecule has 4 fully saturated rings. The number of aryl methyl sites for hydroxylation is 14. The number of aromatic nitrogens is 2. The molecule has 8 unspecified atom stereocenters. The van der Waals surface area contributed by atoms with E-state index in [1.807, 2.05) is 205 Å². The third kappa shape index (κ3) is 17.6. The molecule has 0 N–H and O–H groups in total. The van der Waals surface area contributed by atoms with E-state index in [0.717, 1.165) is 117 Å². The van der Waals surface area contributed by atoms with Gasteiger partial charge in [-0.2, -0.15) is 0 Å². The van der Waals surface area contributed by atoms with E-state index in [1.54, 1.807) is 0 Å². The molecular weight excluding hydrogens is 1330 g/mol. The van der Waals surface area contributed by atoms with Crippen molar-refractivity contribution < 1.29 is 43.1 Å². The highest BCUT2D eigenvalue weighted by Gasteiger charge is 2.47. The Hall–Kier alpha value is -10.3. The Balaban J connectivity index is 0.000000142. The van der Waals surface area contributed by atoms with E-state index >= 15 is 0 Å². The number of nitrogens with zero attached hydrogens (tertiary/aromatic N) is 2. The van der Waals surface area contributed by atoms with Gasteiger partial charge in [0.1, 0.15) is 64.0 Å². The summed E-state index contributed by atoms with van der Waals surface area (Å²) in [6, 6.07) is 58.2. The number of hydrogen-bond donors (Lipinski definition) is 0. The Morgan fingerprint density at radius 2 is 0.670 bits per heavy atom. The SMILES string of the molecule is Cc1cc(C)c(C2C(=O)CC(Cc3ccc(-c4csnn4)cc3)C2=O)c(C)c1.Cc1cc(C)c(C2C(=O)CC(Cc3cccc(Oc4ccccc4)c3)C2=O)c(C)c1.Cc1cc(C)c(C2C(=O)CC(Cc3ccccc3C)C2=O)c(C)c1.Cc1cccc(CC2CC(=O)C(c3c(C)cc(C)cc3C)C2=O)c1. The molecule has 0 saturated heterocycles. The second-order valence-electron chi connectivity index (χ2n) is 30.3. The second kappa shape index (κ2) is 33.4. The first-order valence-electron chi connectivity index (χ1n) is 37.0. The Bertz CT molecular complexity index is 4930. The number of hydrogen-bond acceptors (Lipinski definition) is 12. The predicted octanol–water partition coefficient (Wildman–Crippen LogP) is 19.3. The minimum Gasteiger partial charge on any atom is -0.457 e. The molecule has 0 spiro atoms.